The lowest BCUT2D eigenvalue weighted by Crippen LogP contribution is -1.94. The van der Waals surface area contributed by atoms with E-state index in [2.05, 4.69) is 146 Å². The minimum atomic E-state index is 0.692. The number of hydrogen-bond acceptors (Lipinski definition) is 4. The highest BCUT2D eigenvalue weighted by Gasteiger charge is 2.20. The van der Waals surface area contributed by atoms with Gasteiger partial charge in [0.05, 0.1) is 15.9 Å². The zero-order chi connectivity index (χ0) is 31.6. The molecule has 0 spiro atoms. The molecule has 0 bridgehead atoms. The van der Waals surface area contributed by atoms with Gasteiger partial charge in [0.15, 0.2) is 5.82 Å². The number of nitrogens with zero attached hydrogens (tertiary/aromatic N) is 2. The second-order valence-corrected chi connectivity index (χ2v) is 13.2. The fourth-order valence-electron chi connectivity index (χ4n) is 7.03. The summed E-state index contributed by atoms with van der Waals surface area (Å²) in [6, 6.07) is 55.5. The lowest BCUT2D eigenvalue weighted by atomic mass is 9.93. The first kappa shape index (κ1) is 27.1. The third kappa shape index (κ3) is 4.27. The van der Waals surface area contributed by atoms with Crippen LogP contribution >= 0.6 is 11.3 Å². The fraction of sp³-hybridized carbons (Fsp3) is 0. The molecule has 0 N–H and O–H groups in total. The summed E-state index contributed by atoms with van der Waals surface area (Å²) in [6.45, 7) is 0. The summed E-state index contributed by atoms with van der Waals surface area (Å²) in [7, 11) is 0. The van der Waals surface area contributed by atoms with E-state index >= 15 is 0 Å². The Balaban J connectivity index is 1.23. The standard InChI is InChI=1S/C44H26N2OS/c1-2-12-28(13-3-1)32-15-6-7-16-33(32)30-23-24-37-36(26-30)40-35(18-10-19-38(40)47-37)44-45-41(31-22-21-27-11-4-5-14-29(27)25-31)43-42(46-44)34-17-8-9-20-39(34)48-43/h1-26H. The summed E-state index contributed by atoms with van der Waals surface area (Å²) in [6.07, 6.45) is 0. The van der Waals surface area contributed by atoms with E-state index in [-0.39, 0.29) is 0 Å². The predicted octanol–water partition coefficient (Wildman–Crippen LogP) is 12.6. The Morgan fingerprint density at radius 3 is 2.08 bits per heavy atom. The van der Waals surface area contributed by atoms with Gasteiger partial charge in [0, 0.05) is 32.0 Å². The second-order valence-electron chi connectivity index (χ2n) is 12.1. The van der Waals surface area contributed by atoms with Crippen LogP contribution < -0.4 is 0 Å². The van der Waals surface area contributed by atoms with E-state index in [1.165, 1.54) is 32.2 Å². The SMILES string of the molecule is c1ccc(-c2ccccc2-c2ccc3oc4cccc(-c5nc(-c6ccc7ccccc7c6)c6sc7ccccc7c6n5)c4c3c2)cc1. The van der Waals surface area contributed by atoms with Gasteiger partial charge in [0.25, 0.3) is 0 Å². The third-order valence-electron chi connectivity index (χ3n) is 9.30. The lowest BCUT2D eigenvalue weighted by Gasteiger charge is -2.11. The Kier molecular flexibility index (Phi) is 6.05. The van der Waals surface area contributed by atoms with Crippen molar-refractivity contribution in [2.24, 2.45) is 0 Å². The number of hydrogen-bond donors (Lipinski definition) is 0. The van der Waals surface area contributed by atoms with Gasteiger partial charge in [-0.2, -0.15) is 0 Å². The van der Waals surface area contributed by atoms with E-state index in [1.54, 1.807) is 11.3 Å². The van der Waals surface area contributed by atoms with Gasteiger partial charge in [0.2, 0.25) is 0 Å². The Bertz CT molecular complexity index is 2850. The molecule has 7 aromatic carbocycles. The number of aromatic nitrogens is 2. The van der Waals surface area contributed by atoms with Crippen LogP contribution in [0.4, 0.5) is 0 Å². The fourth-order valence-corrected chi connectivity index (χ4v) is 8.18. The predicted molar refractivity (Wildman–Crippen MR) is 201 cm³/mol. The number of benzene rings is 7. The molecule has 0 unspecified atom stereocenters. The van der Waals surface area contributed by atoms with Crippen LogP contribution in [0.3, 0.4) is 0 Å². The molecule has 3 nitrogen and oxygen atoms in total. The molecule has 0 aliphatic carbocycles. The average molecular weight is 631 g/mol. The van der Waals surface area contributed by atoms with E-state index in [9.17, 15) is 0 Å². The molecule has 10 aromatic rings. The summed E-state index contributed by atoms with van der Waals surface area (Å²) in [5.41, 5.74) is 10.3. The van der Waals surface area contributed by atoms with Crippen LogP contribution in [0.5, 0.6) is 0 Å². The summed E-state index contributed by atoms with van der Waals surface area (Å²) >= 11 is 1.76. The van der Waals surface area contributed by atoms with Crippen LogP contribution in [0.2, 0.25) is 0 Å². The van der Waals surface area contributed by atoms with Crippen LogP contribution in [0.15, 0.2) is 162 Å². The second kappa shape index (κ2) is 10.7. The average Bonchev–Trinajstić information content (AvgIpc) is 3.73. The summed E-state index contributed by atoms with van der Waals surface area (Å²) in [4.78, 5) is 10.7. The molecule has 4 heteroatoms. The van der Waals surface area contributed by atoms with Crippen LogP contribution in [0.25, 0.3) is 97.9 Å². The van der Waals surface area contributed by atoms with Crippen molar-refractivity contribution in [3.63, 3.8) is 0 Å². The van der Waals surface area contributed by atoms with Gasteiger partial charge < -0.3 is 4.42 Å². The molecule has 10 rings (SSSR count). The first-order chi connectivity index (χ1) is 23.8. The quantitative estimate of drug-likeness (QED) is 0.194. The lowest BCUT2D eigenvalue weighted by molar-refractivity contribution is 0.669. The van der Waals surface area contributed by atoms with Gasteiger partial charge in [-0.15, -0.1) is 11.3 Å². The summed E-state index contributed by atoms with van der Waals surface area (Å²) in [5.74, 6) is 0.692. The van der Waals surface area contributed by atoms with Crippen molar-refractivity contribution in [1.82, 2.24) is 9.97 Å². The first-order valence-electron chi connectivity index (χ1n) is 16.1. The topological polar surface area (TPSA) is 38.9 Å². The van der Waals surface area contributed by atoms with Crippen molar-refractivity contribution in [2.75, 3.05) is 0 Å². The van der Waals surface area contributed by atoms with E-state index in [0.29, 0.717) is 5.82 Å². The molecule has 0 amide bonds. The molecule has 0 aliphatic heterocycles. The monoisotopic (exact) mass is 630 g/mol. The van der Waals surface area contributed by atoms with Gasteiger partial charge in [0.1, 0.15) is 11.2 Å². The molecule has 0 saturated carbocycles. The molecule has 0 radical (unpaired) electrons. The molecule has 3 heterocycles. The molecule has 0 saturated heterocycles. The molecule has 3 aromatic heterocycles. The summed E-state index contributed by atoms with van der Waals surface area (Å²) < 4.78 is 8.77. The maximum Gasteiger partial charge on any atom is 0.161 e. The molecule has 0 atom stereocenters. The number of fused-ring (bicyclic) bond motifs is 7. The van der Waals surface area contributed by atoms with Gasteiger partial charge >= 0.3 is 0 Å². The van der Waals surface area contributed by atoms with Crippen molar-refractivity contribution in [2.45, 2.75) is 0 Å². The molecule has 0 fully saturated rings. The first-order valence-corrected chi connectivity index (χ1v) is 16.9. The maximum absolute atomic E-state index is 6.47. The molecule has 0 aliphatic rings. The minimum Gasteiger partial charge on any atom is -0.456 e. The van der Waals surface area contributed by atoms with E-state index in [1.807, 2.05) is 12.1 Å². The Labute approximate surface area is 280 Å². The van der Waals surface area contributed by atoms with Crippen LogP contribution in [-0.2, 0) is 0 Å². The van der Waals surface area contributed by atoms with Crippen LogP contribution in [-0.4, -0.2) is 9.97 Å². The zero-order valence-corrected chi connectivity index (χ0v) is 26.5. The highest BCUT2D eigenvalue weighted by Crippen LogP contribution is 2.43. The van der Waals surface area contributed by atoms with Gasteiger partial charge in [-0.1, -0.05) is 127 Å². The van der Waals surface area contributed by atoms with Crippen molar-refractivity contribution in [1.29, 1.82) is 0 Å². The number of rotatable bonds is 4. The normalized spacial score (nSPS) is 11.8. The van der Waals surface area contributed by atoms with E-state index in [0.717, 1.165) is 59.9 Å². The van der Waals surface area contributed by atoms with E-state index in [4.69, 9.17) is 14.4 Å². The van der Waals surface area contributed by atoms with Crippen molar-refractivity contribution < 1.29 is 4.42 Å². The number of furan rings is 1. The van der Waals surface area contributed by atoms with Crippen molar-refractivity contribution in [3.05, 3.63) is 158 Å². The highest BCUT2D eigenvalue weighted by atomic mass is 32.1. The van der Waals surface area contributed by atoms with Crippen molar-refractivity contribution in [3.8, 4) is 44.9 Å². The molecular weight excluding hydrogens is 605 g/mol. The zero-order valence-electron chi connectivity index (χ0n) is 25.7. The Morgan fingerprint density at radius 2 is 1.19 bits per heavy atom. The molecular formula is C44H26N2OS. The third-order valence-corrected chi connectivity index (χ3v) is 10.5. The van der Waals surface area contributed by atoms with E-state index < -0.39 is 0 Å². The van der Waals surface area contributed by atoms with Crippen LogP contribution in [0, 0.1) is 0 Å². The molecule has 48 heavy (non-hydrogen) atoms. The minimum absolute atomic E-state index is 0.692. The number of thiophene rings is 1. The maximum atomic E-state index is 6.47. The highest BCUT2D eigenvalue weighted by molar-refractivity contribution is 7.26. The summed E-state index contributed by atoms with van der Waals surface area (Å²) in [5, 5.41) is 5.62. The van der Waals surface area contributed by atoms with Gasteiger partial charge in [-0.25, -0.2) is 9.97 Å². The molecule has 224 valence electrons. The smallest absolute Gasteiger partial charge is 0.161 e. The van der Waals surface area contributed by atoms with Gasteiger partial charge in [-0.05, 0) is 63.4 Å². The van der Waals surface area contributed by atoms with Crippen LogP contribution in [0.1, 0.15) is 0 Å². The Hall–Kier alpha value is -6.10. The largest absolute Gasteiger partial charge is 0.456 e. The van der Waals surface area contributed by atoms with Gasteiger partial charge in [-0.3, -0.25) is 0 Å². The Morgan fingerprint density at radius 1 is 0.458 bits per heavy atom. The van der Waals surface area contributed by atoms with Crippen molar-refractivity contribution >= 4 is 64.4 Å².